The van der Waals surface area contributed by atoms with Crippen molar-refractivity contribution in [3.63, 3.8) is 0 Å². The first-order valence-electron chi connectivity index (χ1n) is 7.41. The second-order valence-electron chi connectivity index (χ2n) is 5.74. The Morgan fingerprint density at radius 1 is 1.20 bits per heavy atom. The lowest BCUT2D eigenvalue weighted by Crippen LogP contribution is -2.45. The van der Waals surface area contributed by atoms with Gasteiger partial charge in [0.2, 0.25) is 5.91 Å². The van der Waals surface area contributed by atoms with Gasteiger partial charge < -0.3 is 16.2 Å². The van der Waals surface area contributed by atoms with Crippen LogP contribution in [0.15, 0.2) is 30.3 Å². The van der Waals surface area contributed by atoms with Crippen LogP contribution in [0.5, 0.6) is 0 Å². The molecule has 1 saturated carbocycles. The van der Waals surface area contributed by atoms with Crippen LogP contribution in [0.2, 0.25) is 0 Å². The molecule has 1 aromatic carbocycles. The number of hydrogen-bond acceptors (Lipinski definition) is 3. The van der Waals surface area contributed by atoms with E-state index in [-0.39, 0.29) is 5.91 Å². The summed E-state index contributed by atoms with van der Waals surface area (Å²) in [5, 5.41) is 13.3. The van der Waals surface area contributed by atoms with E-state index in [1.807, 2.05) is 30.3 Å². The Kier molecular flexibility index (Phi) is 5.15. The van der Waals surface area contributed by atoms with Crippen molar-refractivity contribution >= 4 is 5.91 Å². The normalized spacial score (nSPS) is 19.9. The van der Waals surface area contributed by atoms with Gasteiger partial charge >= 0.3 is 0 Å². The van der Waals surface area contributed by atoms with Crippen LogP contribution in [0.1, 0.15) is 50.1 Å². The van der Waals surface area contributed by atoms with Crippen LogP contribution < -0.4 is 11.1 Å². The molecule has 0 radical (unpaired) electrons. The highest BCUT2D eigenvalue weighted by atomic mass is 16.3. The molecule has 0 unspecified atom stereocenters. The van der Waals surface area contributed by atoms with Gasteiger partial charge in [0.15, 0.2) is 0 Å². The Labute approximate surface area is 120 Å². The van der Waals surface area contributed by atoms with Crippen molar-refractivity contribution in [1.82, 2.24) is 5.32 Å². The van der Waals surface area contributed by atoms with Gasteiger partial charge in [-0.3, -0.25) is 4.79 Å². The Morgan fingerprint density at radius 2 is 1.80 bits per heavy atom. The van der Waals surface area contributed by atoms with Crippen LogP contribution in [-0.4, -0.2) is 23.2 Å². The third-order valence-corrected chi connectivity index (χ3v) is 4.07. The van der Waals surface area contributed by atoms with Gasteiger partial charge in [-0.15, -0.1) is 0 Å². The minimum Gasteiger partial charge on any atom is -0.388 e. The number of nitrogens with one attached hydrogen (secondary N) is 1. The van der Waals surface area contributed by atoms with Gasteiger partial charge in [0, 0.05) is 6.54 Å². The summed E-state index contributed by atoms with van der Waals surface area (Å²) >= 11 is 0. The summed E-state index contributed by atoms with van der Waals surface area (Å²) in [4.78, 5) is 12.1. The summed E-state index contributed by atoms with van der Waals surface area (Å²) < 4.78 is 0. The highest BCUT2D eigenvalue weighted by Gasteiger charge is 2.29. The van der Waals surface area contributed by atoms with Crippen molar-refractivity contribution in [3.05, 3.63) is 35.9 Å². The highest BCUT2D eigenvalue weighted by molar-refractivity contribution is 5.82. The Hall–Kier alpha value is -1.39. The van der Waals surface area contributed by atoms with E-state index in [1.165, 1.54) is 12.8 Å². The molecule has 1 aliphatic rings. The third kappa shape index (κ3) is 4.05. The average molecular weight is 276 g/mol. The van der Waals surface area contributed by atoms with E-state index < -0.39 is 11.6 Å². The van der Waals surface area contributed by atoms with Crippen molar-refractivity contribution in [2.75, 3.05) is 6.54 Å². The molecule has 4 heteroatoms. The molecular weight excluding hydrogens is 252 g/mol. The van der Waals surface area contributed by atoms with Gasteiger partial charge in [-0.25, -0.2) is 0 Å². The number of rotatable bonds is 4. The van der Waals surface area contributed by atoms with E-state index in [0.717, 1.165) is 31.2 Å². The number of benzene rings is 1. The third-order valence-electron chi connectivity index (χ3n) is 4.07. The zero-order chi connectivity index (χ0) is 14.4. The maximum atomic E-state index is 12.1. The van der Waals surface area contributed by atoms with Crippen molar-refractivity contribution in [2.45, 2.75) is 50.2 Å². The van der Waals surface area contributed by atoms with Gasteiger partial charge in [-0.2, -0.15) is 0 Å². The molecule has 0 bridgehead atoms. The molecule has 110 valence electrons. The summed E-state index contributed by atoms with van der Waals surface area (Å²) in [5.41, 5.74) is 5.96. The summed E-state index contributed by atoms with van der Waals surface area (Å²) in [6.07, 6.45) is 5.90. The van der Waals surface area contributed by atoms with Crippen molar-refractivity contribution in [1.29, 1.82) is 0 Å². The summed E-state index contributed by atoms with van der Waals surface area (Å²) in [7, 11) is 0. The predicted molar refractivity (Wildman–Crippen MR) is 79.0 cm³/mol. The maximum absolute atomic E-state index is 12.1. The Balaban J connectivity index is 1.88. The second-order valence-corrected chi connectivity index (χ2v) is 5.74. The van der Waals surface area contributed by atoms with Gasteiger partial charge in [-0.1, -0.05) is 56.0 Å². The van der Waals surface area contributed by atoms with E-state index in [0.29, 0.717) is 6.54 Å². The lowest BCUT2D eigenvalue weighted by Gasteiger charge is -2.27. The Morgan fingerprint density at radius 3 is 2.40 bits per heavy atom. The van der Waals surface area contributed by atoms with Gasteiger partial charge in [0.05, 0.1) is 5.60 Å². The van der Waals surface area contributed by atoms with Crippen LogP contribution in [-0.2, 0) is 4.79 Å². The average Bonchev–Trinajstić information content (AvgIpc) is 2.70. The number of aliphatic hydroxyl groups is 1. The van der Waals surface area contributed by atoms with E-state index in [4.69, 9.17) is 5.73 Å². The second kappa shape index (κ2) is 6.86. The summed E-state index contributed by atoms with van der Waals surface area (Å²) in [6, 6.07) is 8.62. The molecule has 4 N–H and O–H groups in total. The standard InChI is InChI=1S/C16H24N2O2/c17-14(13-8-4-3-5-9-13)15(19)18-12-16(20)10-6-1-2-7-11-16/h3-5,8-9,14,20H,1-2,6-7,10-12,17H2,(H,18,19)/t14-/m1/s1. The molecular formula is C16H24N2O2. The molecule has 1 amide bonds. The first-order chi connectivity index (χ1) is 9.61. The molecule has 0 aromatic heterocycles. The summed E-state index contributed by atoms with van der Waals surface area (Å²) in [5.74, 6) is -0.228. The molecule has 2 rings (SSSR count). The molecule has 20 heavy (non-hydrogen) atoms. The lowest BCUT2D eigenvalue weighted by atomic mass is 9.94. The SMILES string of the molecule is N[C@@H](C(=O)NCC1(O)CCCCCC1)c1ccccc1. The number of carbonyl (C=O) groups is 1. The molecule has 0 spiro atoms. The predicted octanol–water partition coefficient (Wildman–Crippen LogP) is 1.89. The van der Waals surface area contributed by atoms with Gasteiger partial charge in [-0.05, 0) is 18.4 Å². The van der Waals surface area contributed by atoms with Crippen LogP contribution in [0.3, 0.4) is 0 Å². The molecule has 1 fully saturated rings. The molecule has 0 saturated heterocycles. The number of nitrogens with two attached hydrogens (primary N) is 1. The zero-order valence-corrected chi connectivity index (χ0v) is 11.8. The van der Waals surface area contributed by atoms with Gasteiger partial charge in [0.25, 0.3) is 0 Å². The number of carbonyl (C=O) groups excluding carboxylic acids is 1. The van der Waals surface area contributed by atoms with Crippen LogP contribution in [0, 0.1) is 0 Å². The van der Waals surface area contributed by atoms with E-state index in [2.05, 4.69) is 5.32 Å². The van der Waals surface area contributed by atoms with Crippen LogP contribution in [0.25, 0.3) is 0 Å². The molecule has 1 aliphatic carbocycles. The minimum atomic E-state index is -0.761. The fraction of sp³-hybridized carbons (Fsp3) is 0.562. The van der Waals surface area contributed by atoms with E-state index >= 15 is 0 Å². The molecule has 1 atom stereocenters. The fourth-order valence-electron chi connectivity index (χ4n) is 2.74. The van der Waals surface area contributed by atoms with E-state index in [1.54, 1.807) is 0 Å². The van der Waals surface area contributed by atoms with Gasteiger partial charge in [0.1, 0.15) is 6.04 Å². The van der Waals surface area contributed by atoms with E-state index in [9.17, 15) is 9.90 Å². The monoisotopic (exact) mass is 276 g/mol. The minimum absolute atomic E-state index is 0.228. The van der Waals surface area contributed by atoms with Crippen LogP contribution in [0.4, 0.5) is 0 Å². The zero-order valence-electron chi connectivity index (χ0n) is 11.8. The first-order valence-corrected chi connectivity index (χ1v) is 7.41. The molecule has 1 aromatic rings. The highest BCUT2D eigenvalue weighted by Crippen LogP contribution is 2.26. The lowest BCUT2D eigenvalue weighted by molar-refractivity contribution is -0.123. The van der Waals surface area contributed by atoms with Crippen molar-refractivity contribution in [3.8, 4) is 0 Å². The first kappa shape index (κ1) is 15.0. The smallest absolute Gasteiger partial charge is 0.241 e. The largest absolute Gasteiger partial charge is 0.388 e. The number of hydrogen-bond donors (Lipinski definition) is 3. The topological polar surface area (TPSA) is 75.4 Å². The molecule has 4 nitrogen and oxygen atoms in total. The van der Waals surface area contributed by atoms with Crippen molar-refractivity contribution < 1.29 is 9.90 Å². The Bertz CT molecular complexity index is 425. The quantitative estimate of drug-likeness (QED) is 0.735. The molecule has 0 aliphatic heterocycles. The van der Waals surface area contributed by atoms with Crippen molar-refractivity contribution in [2.24, 2.45) is 5.73 Å². The summed E-state index contributed by atoms with van der Waals surface area (Å²) in [6.45, 7) is 0.298. The number of amides is 1. The molecule has 0 heterocycles. The van der Waals surface area contributed by atoms with Crippen LogP contribution >= 0.6 is 0 Å². The fourth-order valence-corrected chi connectivity index (χ4v) is 2.74. The maximum Gasteiger partial charge on any atom is 0.241 e.